The highest BCUT2D eigenvalue weighted by atomic mass is 32.2. The summed E-state index contributed by atoms with van der Waals surface area (Å²) in [6.45, 7) is 5.66. The molecule has 1 saturated heterocycles. The quantitative estimate of drug-likeness (QED) is 0.836. The molecule has 6 nitrogen and oxygen atoms in total. The molecule has 0 bridgehead atoms. The van der Waals surface area contributed by atoms with Crippen molar-refractivity contribution in [1.82, 2.24) is 9.71 Å². The fourth-order valence-corrected chi connectivity index (χ4v) is 3.92. The first-order valence-electron chi connectivity index (χ1n) is 7.27. The smallest absolute Gasteiger partial charge is 0.260 e. The van der Waals surface area contributed by atoms with Crippen LogP contribution in [0.3, 0.4) is 0 Å². The molecular weight excluding hydrogens is 290 g/mol. The van der Waals surface area contributed by atoms with Crippen molar-refractivity contribution in [3.05, 3.63) is 18.3 Å². The second-order valence-corrected chi connectivity index (χ2v) is 7.20. The first-order chi connectivity index (χ1) is 9.97. The molecule has 1 aromatic heterocycles. The number of anilines is 1. The maximum absolute atomic E-state index is 12.6. The summed E-state index contributed by atoms with van der Waals surface area (Å²) in [5, 5.41) is 3.15. The predicted octanol–water partition coefficient (Wildman–Crippen LogP) is 1.75. The lowest BCUT2D eigenvalue weighted by atomic mass is 9.97. The van der Waals surface area contributed by atoms with Gasteiger partial charge < -0.3 is 10.1 Å². The van der Waals surface area contributed by atoms with E-state index in [0.29, 0.717) is 25.4 Å². The number of aromatic nitrogens is 1. The number of pyridine rings is 1. The van der Waals surface area contributed by atoms with Gasteiger partial charge in [0, 0.05) is 19.3 Å². The van der Waals surface area contributed by atoms with E-state index in [1.807, 2.05) is 13.8 Å². The van der Waals surface area contributed by atoms with Gasteiger partial charge in [-0.3, -0.25) is 0 Å². The van der Waals surface area contributed by atoms with Gasteiger partial charge in [0.25, 0.3) is 10.0 Å². The number of ether oxygens (including phenoxy) is 1. The number of sulfonamides is 1. The Morgan fingerprint density at radius 1 is 1.48 bits per heavy atom. The standard InChI is InChI=1S/C14H23N3O3S/c1-3-8-15-12-6-4-9-16-13(12)21(18,19)17-14(2)7-5-10-20-11-14/h4,6,9,15,17H,3,5,7-8,10-11H2,1-2H3. The minimum absolute atomic E-state index is 0.0465. The average Bonchev–Trinajstić information content (AvgIpc) is 2.45. The molecule has 1 aliphatic heterocycles. The van der Waals surface area contributed by atoms with Crippen molar-refractivity contribution in [2.24, 2.45) is 0 Å². The van der Waals surface area contributed by atoms with Gasteiger partial charge in [-0.15, -0.1) is 0 Å². The predicted molar refractivity (Wildman–Crippen MR) is 81.8 cm³/mol. The lowest BCUT2D eigenvalue weighted by Gasteiger charge is -2.33. The summed E-state index contributed by atoms with van der Waals surface area (Å²) in [7, 11) is -3.68. The van der Waals surface area contributed by atoms with Crippen LogP contribution in [0.5, 0.6) is 0 Å². The van der Waals surface area contributed by atoms with Gasteiger partial charge in [-0.1, -0.05) is 6.92 Å². The van der Waals surface area contributed by atoms with E-state index in [4.69, 9.17) is 4.74 Å². The number of rotatable bonds is 6. The van der Waals surface area contributed by atoms with E-state index in [9.17, 15) is 8.42 Å². The van der Waals surface area contributed by atoms with Crippen LogP contribution in [-0.4, -0.2) is 38.7 Å². The first kappa shape index (κ1) is 16.2. The fraction of sp³-hybridized carbons (Fsp3) is 0.643. The highest BCUT2D eigenvalue weighted by molar-refractivity contribution is 7.89. The summed E-state index contributed by atoms with van der Waals surface area (Å²) in [6.07, 6.45) is 4.01. The summed E-state index contributed by atoms with van der Waals surface area (Å²) in [5.74, 6) is 0. The average molecular weight is 313 g/mol. The first-order valence-corrected chi connectivity index (χ1v) is 8.76. The van der Waals surface area contributed by atoms with Gasteiger partial charge in [-0.2, -0.15) is 0 Å². The van der Waals surface area contributed by atoms with Crippen molar-refractivity contribution < 1.29 is 13.2 Å². The zero-order valence-electron chi connectivity index (χ0n) is 12.6. The molecule has 118 valence electrons. The molecule has 0 spiro atoms. The molecule has 0 amide bonds. The Hall–Kier alpha value is -1.18. The maximum atomic E-state index is 12.6. The zero-order chi connectivity index (χ0) is 15.3. The molecule has 1 fully saturated rings. The van der Waals surface area contributed by atoms with Crippen LogP contribution in [0.15, 0.2) is 23.4 Å². The van der Waals surface area contributed by atoms with E-state index in [1.54, 1.807) is 12.1 Å². The second-order valence-electron chi connectivity index (χ2n) is 5.61. The van der Waals surface area contributed by atoms with E-state index in [0.717, 1.165) is 19.3 Å². The third-order valence-corrected chi connectivity index (χ3v) is 5.01. The van der Waals surface area contributed by atoms with Crippen molar-refractivity contribution in [1.29, 1.82) is 0 Å². The van der Waals surface area contributed by atoms with Gasteiger partial charge in [-0.25, -0.2) is 18.1 Å². The minimum atomic E-state index is -3.68. The van der Waals surface area contributed by atoms with Crippen molar-refractivity contribution in [2.75, 3.05) is 25.1 Å². The van der Waals surface area contributed by atoms with Gasteiger partial charge in [-0.05, 0) is 38.3 Å². The molecule has 2 rings (SSSR count). The van der Waals surface area contributed by atoms with E-state index in [2.05, 4.69) is 15.0 Å². The SMILES string of the molecule is CCCNc1cccnc1S(=O)(=O)NC1(C)CCCOC1. The Morgan fingerprint density at radius 3 is 2.95 bits per heavy atom. The lowest BCUT2D eigenvalue weighted by molar-refractivity contribution is 0.0386. The van der Waals surface area contributed by atoms with Crippen molar-refractivity contribution >= 4 is 15.7 Å². The maximum Gasteiger partial charge on any atom is 0.260 e. The number of hydrogen-bond acceptors (Lipinski definition) is 5. The normalized spacial score (nSPS) is 23.0. The summed E-state index contributed by atoms with van der Waals surface area (Å²) in [6, 6.07) is 3.46. The summed E-state index contributed by atoms with van der Waals surface area (Å²) < 4.78 is 33.4. The third kappa shape index (κ3) is 4.15. The Morgan fingerprint density at radius 2 is 2.29 bits per heavy atom. The monoisotopic (exact) mass is 313 g/mol. The molecule has 1 aliphatic rings. The van der Waals surface area contributed by atoms with E-state index in [1.165, 1.54) is 6.20 Å². The molecule has 1 atom stereocenters. The van der Waals surface area contributed by atoms with Gasteiger partial charge in [0.05, 0.1) is 17.8 Å². The van der Waals surface area contributed by atoms with E-state index >= 15 is 0 Å². The van der Waals surface area contributed by atoms with E-state index in [-0.39, 0.29) is 5.03 Å². The molecule has 2 heterocycles. The van der Waals surface area contributed by atoms with Gasteiger partial charge >= 0.3 is 0 Å². The Bertz CT molecular complexity index is 569. The van der Waals surface area contributed by atoms with Gasteiger partial charge in [0.1, 0.15) is 0 Å². The minimum Gasteiger partial charge on any atom is -0.383 e. The zero-order valence-corrected chi connectivity index (χ0v) is 13.4. The fourth-order valence-electron chi connectivity index (χ4n) is 2.39. The highest BCUT2D eigenvalue weighted by Gasteiger charge is 2.34. The van der Waals surface area contributed by atoms with Crippen molar-refractivity contribution in [3.63, 3.8) is 0 Å². The molecule has 0 saturated carbocycles. The highest BCUT2D eigenvalue weighted by Crippen LogP contribution is 2.24. The Labute approximate surface area is 126 Å². The van der Waals surface area contributed by atoms with Crippen molar-refractivity contribution in [3.8, 4) is 0 Å². The molecule has 0 aliphatic carbocycles. The number of hydrogen-bond donors (Lipinski definition) is 2. The van der Waals surface area contributed by atoms with Crippen LogP contribution in [-0.2, 0) is 14.8 Å². The van der Waals surface area contributed by atoms with Crippen LogP contribution in [0, 0.1) is 0 Å². The Kier molecular flexibility index (Phi) is 5.18. The summed E-state index contributed by atoms with van der Waals surface area (Å²) >= 11 is 0. The largest absolute Gasteiger partial charge is 0.383 e. The van der Waals surface area contributed by atoms with E-state index < -0.39 is 15.6 Å². The number of nitrogens with one attached hydrogen (secondary N) is 2. The molecule has 0 radical (unpaired) electrons. The molecule has 21 heavy (non-hydrogen) atoms. The van der Waals surface area contributed by atoms with Gasteiger partial charge in [0.15, 0.2) is 5.03 Å². The number of nitrogens with zero attached hydrogens (tertiary/aromatic N) is 1. The third-order valence-electron chi connectivity index (χ3n) is 3.41. The van der Waals surface area contributed by atoms with Crippen LogP contribution in [0.4, 0.5) is 5.69 Å². The topological polar surface area (TPSA) is 80.3 Å². The molecule has 0 aromatic carbocycles. The molecule has 7 heteroatoms. The second kappa shape index (κ2) is 6.72. The van der Waals surface area contributed by atoms with Crippen LogP contribution in [0.25, 0.3) is 0 Å². The molecule has 1 aromatic rings. The Balaban J connectivity index is 2.22. The van der Waals surface area contributed by atoms with Crippen LogP contribution >= 0.6 is 0 Å². The van der Waals surface area contributed by atoms with Crippen LogP contribution in [0.2, 0.25) is 0 Å². The van der Waals surface area contributed by atoms with Gasteiger partial charge in [0.2, 0.25) is 0 Å². The lowest BCUT2D eigenvalue weighted by Crippen LogP contribution is -2.51. The van der Waals surface area contributed by atoms with Crippen LogP contribution in [0.1, 0.15) is 33.1 Å². The molecule has 1 unspecified atom stereocenters. The molecular formula is C14H23N3O3S. The summed E-state index contributed by atoms with van der Waals surface area (Å²) in [5.41, 5.74) is -0.0384. The van der Waals surface area contributed by atoms with Crippen molar-refractivity contribution in [2.45, 2.75) is 43.7 Å². The van der Waals surface area contributed by atoms with Crippen LogP contribution < -0.4 is 10.0 Å². The summed E-state index contributed by atoms with van der Waals surface area (Å²) in [4.78, 5) is 4.05. The molecule has 2 N–H and O–H groups in total.